The van der Waals surface area contributed by atoms with Gasteiger partial charge in [-0.1, -0.05) is 24.2 Å². The number of benzene rings is 2. The molecule has 3 aliphatic heterocycles. The van der Waals surface area contributed by atoms with Gasteiger partial charge < -0.3 is 24.4 Å². The van der Waals surface area contributed by atoms with Crippen LogP contribution in [0.3, 0.4) is 0 Å². The predicted molar refractivity (Wildman–Crippen MR) is 158 cm³/mol. The minimum atomic E-state index is -0.667. The Balaban J connectivity index is 1.56. The molecule has 1 N–H and O–H groups in total. The molecule has 10 nitrogen and oxygen atoms in total. The average molecular weight is 598 g/mol. The highest BCUT2D eigenvalue weighted by Crippen LogP contribution is 2.49. The van der Waals surface area contributed by atoms with Crippen molar-refractivity contribution < 1.29 is 23.8 Å². The van der Waals surface area contributed by atoms with Crippen LogP contribution in [-0.4, -0.2) is 95.0 Å². The molecule has 3 aliphatic rings. The number of ether oxygens (including phenoxy) is 2. The summed E-state index contributed by atoms with van der Waals surface area (Å²) in [7, 11) is 0. The Bertz CT molecular complexity index is 1600. The van der Waals surface area contributed by atoms with Gasteiger partial charge in [0.2, 0.25) is 5.91 Å². The maximum Gasteiger partial charge on any atom is 0.350 e. The summed E-state index contributed by atoms with van der Waals surface area (Å²) in [5.41, 5.74) is 0.0661. The second kappa shape index (κ2) is 11.2. The molecule has 0 spiro atoms. The standard InChI is InChI=1S/C30H33ClFN5O5/c1-4-24(39)35-13-18(3)36(14-17(35)2)29-20-12-21(31)25(26-22(32)6-5-7-23(26)38)28-27(20)37(30(40)33-29)19(16-42-28)15-34-8-10-41-11-9-34/h4-7,12,17-19,38H,1,8-11,13-16H2,2-3H3/t17-,18+,19-/m1/s1. The van der Waals surface area contributed by atoms with E-state index in [9.17, 15) is 14.7 Å². The quantitative estimate of drug-likeness (QED) is 0.447. The van der Waals surface area contributed by atoms with Gasteiger partial charge in [-0.3, -0.25) is 14.3 Å². The Morgan fingerprint density at radius 2 is 1.98 bits per heavy atom. The third kappa shape index (κ3) is 4.79. The number of hydrogen-bond acceptors (Lipinski definition) is 8. The van der Waals surface area contributed by atoms with Crippen LogP contribution in [0.2, 0.25) is 5.02 Å². The summed E-state index contributed by atoms with van der Waals surface area (Å²) in [6.07, 6.45) is 1.30. The number of rotatable bonds is 5. The third-order valence-corrected chi connectivity index (χ3v) is 8.71. The molecular formula is C30H33ClFN5O5. The van der Waals surface area contributed by atoms with Crippen LogP contribution in [0.25, 0.3) is 22.0 Å². The van der Waals surface area contributed by atoms with Crippen LogP contribution in [0, 0.1) is 5.82 Å². The number of phenolic OH excluding ortho intramolecular Hbond substituents is 1. The van der Waals surface area contributed by atoms with E-state index < -0.39 is 11.5 Å². The molecule has 1 aromatic heterocycles. The SMILES string of the molecule is C=CC(=O)N1C[C@H](C)N(c2nc(=O)n3c4c(c(-c5c(O)cccc5F)c(Cl)cc24)OC[C@H]3CN2CCOCC2)C[C@H]1C. The van der Waals surface area contributed by atoms with Gasteiger partial charge in [-0.05, 0) is 38.1 Å². The molecular weight excluding hydrogens is 565 g/mol. The van der Waals surface area contributed by atoms with Crippen molar-refractivity contribution in [3.8, 4) is 22.6 Å². The molecule has 1 amide bonds. The minimum Gasteiger partial charge on any atom is -0.507 e. The van der Waals surface area contributed by atoms with Crippen LogP contribution < -0.4 is 15.3 Å². The second-order valence-electron chi connectivity index (χ2n) is 11.1. The number of piperazine rings is 1. The number of hydrogen-bond donors (Lipinski definition) is 1. The summed E-state index contributed by atoms with van der Waals surface area (Å²) in [4.78, 5) is 37.0. The zero-order valence-corrected chi connectivity index (χ0v) is 24.3. The van der Waals surface area contributed by atoms with E-state index in [0.717, 1.165) is 13.1 Å². The molecule has 0 saturated carbocycles. The van der Waals surface area contributed by atoms with Gasteiger partial charge in [0.05, 0.1) is 40.9 Å². The lowest BCUT2D eigenvalue weighted by atomic mass is 9.98. The highest BCUT2D eigenvalue weighted by atomic mass is 35.5. The number of halogens is 2. The number of phenols is 1. The molecule has 4 heterocycles. The van der Waals surface area contributed by atoms with Gasteiger partial charge in [0.1, 0.15) is 24.0 Å². The van der Waals surface area contributed by atoms with Gasteiger partial charge in [-0.15, -0.1) is 0 Å². The predicted octanol–water partition coefficient (Wildman–Crippen LogP) is 3.44. The van der Waals surface area contributed by atoms with Crippen LogP contribution in [-0.2, 0) is 9.53 Å². The smallest absolute Gasteiger partial charge is 0.350 e. The summed E-state index contributed by atoms with van der Waals surface area (Å²) in [6.45, 7) is 11.7. The third-order valence-electron chi connectivity index (χ3n) is 8.41. The van der Waals surface area contributed by atoms with Crippen molar-refractivity contribution in [3.05, 3.63) is 58.2 Å². The minimum absolute atomic E-state index is 0.0954. The van der Waals surface area contributed by atoms with Gasteiger partial charge in [0.25, 0.3) is 0 Å². The summed E-state index contributed by atoms with van der Waals surface area (Å²) in [5, 5.41) is 11.4. The molecule has 12 heteroatoms. The first kappa shape index (κ1) is 28.4. The maximum atomic E-state index is 15.2. The number of carbonyl (C=O) groups excluding carboxylic acids is 1. The van der Waals surface area contributed by atoms with E-state index in [2.05, 4.69) is 16.5 Å². The lowest BCUT2D eigenvalue weighted by Gasteiger charge is -2.45. The average Bonchev–Trinajstić information content (AvgIpc) is 2.97. The number of anilines is 1. The van der Waals surface area contributed by atoms with Crippen molar-refractivity contribution in [3.63, 3.8) is 0 Å². The highest BCUT2D eigenvalue weighted by molar-refractivity contribution is 6.35. The van der Waals surface area contributed by atoms with Crippen LogP contribution in [0.1, 0.15) is 19.9 Å². The molecule has 42 heavy (non-hydrogen) atoms. The van der Waals surface area contributed by atoms with Gasteiger partial charge in [-0.25, -0.2) is 9.18 Å². The van der Waals surface area contributed by atoms with E-state index >= 15 is 4.39 Å². The molecule has 222 valence electrons. The number of nitrogens with zero attached hydrogens (tertiary/aromatic N) is 5. The number of morpholine rings is 1. The molecule has 0 bridgehead atoms. The number of amides is 1. The monoisotopic (exact) mass is 597 g/mol. The summed E-state index contributed by atoms with van der Waals surface area (Å²) in [6, 6.07) is 4.98. The molecule has 0 aliphatic carbocycles. The first-order valence-corrected chi connectivity index (χ1v) is 14.5. The Morgan fingerprint density at radius 3 is 2.69 bits per heavy atom. The first-order valence-electron chi connectivity index (χ1n) is 14.1. The molecule has 3 aromatic rings. The molecule has 2 saturated heterocycles. The number of aromatic nitrogens is 2. The number of carbonyl (C=O) groups is 1. The Labute approximate surface area is 247 Å². The summed E-state index contributed by atoms with van der Waals surface area (Å²) in [5.74, 6) is -0.478. The van der Waals surface area contributed by atoms with Gasteiger partial charge in [-0.2, -0.15) is 4.98 Å². The van der Waals surface area contributed by atoms with E-state index in [0.29, 0.717) is 49.6 Å². The normalized spacial score (nSPS) is 22.7. The van der Waals surface area contributed by atoms with E-state index in [4.69, 9.17) is 21.1 Å². The highest BCUT2D eigenvalue weighted by Gasteiger charge is 2.37. The van der Waals surface area contributed by atoms with E-state index in [1.807, 2.05) is 18.7 Å². The zero-order chi connectivity index (χ0) is 29.7. The van der Waals surface area contributed by atoms with E-state index in [1.165, 1.54) is 24.3 Å². The summed E-state index contributed by atoms with van der Waals surface area (Å²) < 4.78 is 28.7. The van der Waals surface area contributed by atoms with Crippen LogP contribution in [0.5, 0.6) is 11.5 Å². The van der Waals surface area contributed by atoms with E-state index in [-0.39, 0.29) is 58.3 Å². The molecule has 2 fully saturated rings. The van der Waals surface area contributed by atoms with Crippen molar-refractivity contribution in [2.45, 2.75) is 32.0 Å². The van der Waals surface area contributed by atoms with Crippen LogP contribution in [0.4, 0.5) is 10.2 Å². The first-order chi connectivity index (χ1) is 20.2. The Morgan fingerprint density at radius 1 is 1.21 bits per heavy atom. The largest absolute Gasteiger partial charge is 0.507 e. The van der Waals surface area contributed by atoms with Crippen molar-refractivity contribution in [2.75, 3.05) is 57.4 Å². The van der Waals surface area contributed by atoms with Crippen molar-refractivity contribution in [2.24, 2.45) is 0 Å². The molecule has 3 atom stereocenters. The summed E-state index contributed by atoms with van der Waals surface area (Å²) >= 11 is 6.86. The van der Waals surface area contributed by atoms with Gasteiger partial charge >= 0.3 is 5.69 Å². The molecule has 0 unspecified atom stereocenters. The topological polar surface area (TPSA) is 100 Å². The van der Waals surface area contributed by atoms with Crippen molar-refractivity contribution in [1.29, 1.82) is 0 Å². The molecule has 6 rings (SSSR count). The Hall–Kier alpha value is -3.67. The molecule has 0 radical (unpaired) electrons. The zero-order valence-electron chi connectivity index (χ0n) is 23.6. The van der Waals surface area contributed by atoms with E-state index in [1.54, 1.807) is 15.5 Å². The van der Waals surface area contributed by atoms with Crippen LogP contribution in [0.15, 0.2) is 41.7 Å². The second-order valence-corrected chi connectivity index (χ2v) is 11.5. The Kier molecular flexibility index (Phi) is 7.59. The van der Waals surface area contributed by atoms with Crippen molar-refractivity contribution in [1.82, 2.24) is 19.4 Å². The fourth-order valence-corrected chi connectivity index (χ4v) is 6.62. The van der Waals surface area contributed by atoms with Crippen LogP contribution >= 0.6 is 11.6 Å². The maximum absolute atomic E-state index is 15.2. The lowest BCUT2D eigenvalue weighted by Crippen LogP contribution is -2.58. The molecule has 2 aromatic carbocycles. The fraction of sp³-hybridized carbons (Fsp3) is 0.433. The van der Waals surface area contributed by atoms with Gasteiger partial charge in [0, 0.05) is 50.2 Å². The fourth-order valence-electron chi connectivity index (χ4n) is 6.33. The van der Waals surface area contributed by atoms with Gasteiger partial charge in [0.15, 0.2) is 5.75 Å². The van der Waals surface area contributed by atoms with Crippen molar-refractivity contribution >= 4 is 34.2 Å². The number of aromatic hydroxyl groups is 1. The lowest BCUT2D eigenvalue weighted by molar-refractivity contribution is -0.128.